The molecule has 1 atom stereocenters. The summed E-state index contributed by atoms with van der Waals surface area (Å²) in [6.07, 6.45) is 2.19. The van der Waals surface area contributed by atoms with E-state index in [-0.39, 0.29) is 0 Å². The van der Waals surface area contributed by atoms with E-state index in [1.165, 1.54) is 0 Å². The Labute approximate surface area is 103 Å². The van der Waals surface area contributed by atoms with E-state index >= 15 is 0 Å². The highest BCUT2D eigenvalue weighted by Crippen LogP contribution is 2.25. The molecule has 0 heterocycles. The van der Waals surface area contributed by atoms with E-state index < -0.39 is 0 Å². The number of nitrogens with two attached hydrogens (primary N) is 1. The van der Waals surface area contributed by atoms with Crippen molar-refractivity contribution in [1.82, 2.24) is 0 Å². The Morgan fingerprint density at radius 2 is 2.12 bits per heavy atom. The van der Waals surface area contributed by atoms with E-state index in [1.807, 2.05) is 18.2 Å². The molecule has 0 saturated carbocycles. The van der Waals surface area contributed by atoms with Gasteiger partial charge in [0, 0.05) is 24.9 Å². The van der Waals surface area contributed by atoms with E-state index in [9.17, 15) is 0 Å². The molecular weight excluding hydrogens is 216 g/mol. The molecule has 1 rings (SSSR count). The van der Waals surface area contributed by atoms with Crippen LogP contribution in [-0.4, -0.2) is 26.9 Å². The number of ether oxygens (including phenoxy) is 2. The van der Waals surface area contributed by atoms with Gasteiger partial charge in [-0.3, -0.25) is 0 Å². The third kappa shape index (κ3) is 4.15. The normalized spacial score (nSPS) is 12.2. The molecular formula is C13H22N2O2. The van der Waals surface area contributed by atoms with Crippen LogP contribution in [0.5, 0.6) is 5.75 Å². The van der Waals surface area contributed by atoms with Gasteiger partial charge in [-0.15, -0.1) is 0 Å². The zero-order valence-corrected chi connectivity index (χ0v) is 10.8. The first-order chi connectivity index (χ1) is 8.21. The topological polar surface area (TPSA) is 56.5 Å². The second-order valence-corrected chi connectivity index (χ2v) is 4.04. The monoisotopic (exact) mass is 238 g/mol. The van der Waals surface area contributed by atoms with Gasteiger partial charge < -0.3 is 20.5 Å². The van der Waals surface area contributed by atoms with Gasteiger partial charge in [0.1, 0.15) is 5.75 Å². The Bertz CT molecular complexity index is 336. The second-order valence-electron chi connectivity index (χ2n) is 4.04. The summed E-state index contributed by atoms with van der Waals surface area (Å²) < 4.78 is 10.4. The zero-order chi connectivity index (χ0) is 12.7. The van der Waals surface area contributed by atoms with Crippen LogP contribution in [-0.2, 0) is 4.74 Å². The zero-order valence-electron chi connectivity index (χ0n) is 10.8. The lowest BCUT2D eigenvalue weighted by molar-refractivity contribution is 0.182. The smallest absolute Gasteiger partial charge is 0.143 e. The molecule has 0 amide bonds. The van der Waals surface area contributed by atoms with Crippen molar-refractivity contribution < 1.29 is 9.47 Å². The summed E-state index contributed by atoms with van der Waals surface area (Å²) in [5, 5.41) is 3.42. The van der Waals surface area contributed by atoms with Crippen molar-refractivity contribution in [3.63, 3.8) is 0 Å². The molecule has 1 unspecified atom stereocenters. The maximum atomic E-state index is 5.77. The molecule has 1 aromatic rings. The highest BCUT2D eigenvalue weighted by Gasteiger charge is 2.08. The lowest BCUT2D eigenvalue weighted by Gasteiger charge is -2.19. The highest BCUT2D eigenvalue weighted by atomic mass is 16.5. The first kappa shape index (κ1) is 13.6. The molecule has 96 valence electrons. The number of benzene rings is 1. The third-order valence-electron chi connectivity index (χ3n) is 2.61. The molecule has 0 aromatic heterocycles. The van der Waals surface area contributed by atoms with Gasteiger partial charge in [-0.2, -0.15) is 0 Å². The van der Waals surface area contributed by atoms with Crippen LogP contribution in [0.4, 0.5) is 11.4 Å². The Morgan fingerprint density at radius 3 is 2.71 bits per heavy atom. The van der Waals surface area contributed by atoms with Gasteiger partial charge in [0.2, 0.25) is 0 Å². The average Bonchev–Trinajstić information content (AvgIpc) is 2.32. The molecule has 1 aromatic carbocycles. The fourth-order valence-corrected chi connectivity index (χ4v) is 1.78. The molecule has 0 radical (unpaired) electrons. The summed E-state index contributed by atoms with van der Waals surface area (Å²) >= 11 is 0. The lowest BCUT2D eigenvalue weighted by Crippen LogP contribution is -2.24. The van der Waals surface area contributed by atoms with Crippen LogP contribution in [0.3, 0.4) is 0 Å². The number of anilines is 2. The number of rotatable bonds is 7. The van der Waals surface area contributed by atoms with Crippen molar-refractivity contribution in [2.75, 3.05) is 31.9 Å². The third-order valence-corrected chi connectivity index (χ3v) is 2.61. The molecule has 0 aliphatic carbocycles. The van der Waals surface area contributed by atoms with Crippen LogP contribution in [0.2, 0.25) is 0 Å². The Morgan fingerprint density at radius 1 is 1.35 bits per heavy atom. The van der Waals surface area contributed by atoms with Gasteiger partial charge in [0.05, 0.1) is 19.4 Å². The van der Waals surface area contributed by atoms with E-state index in [4.69, 9.17) is 15.2 Å². The van der Waals surface area contributed by atoms with Crippen LogP contribution < -0.4 is 15.8 Å². The van der Waals surface area contributed by atoms with E-state index in [0.29, 0.717) is 24.1 Å². The number of hydrogen-bond donors (Lipinski definition) is 2. The van der Waals surface area contributed by atoms with E-state index in [2.05, 4.69) is 12.2 Å². The minimum Gasteiger partial charge on any atom is -0.495 e. The molecule has 0 spiro atoms. The standard InChI is InChI=1S/C13H22N2O2/c1-4-5-11(9-16-2)15-10-6-7-12(14)13(8-10)17-3/h6-8,11,15H,4-5,9,14H2,1-3H3. The first-order valence-electron chi connectivity index (χ1n) is 5.90. The summed E-state index contributed by atoms with van der Waals surface area (Å²) in [4.78, 5) is 0. The summed E-state index contributed by atoms with van der Waals surface area (Å²) in [6.45, 7) is 2.86. The predicted octanol–water partition coefficient (Wildman–Crippen LogP) is 2.50. The number of nitrogens with one attached hydrogen (secondary N) is 1. The van der Waals surface area contributed by atoms with Crippen molar-refractivity contribution in [2.24, 2.45) is 0 Å². The minimum atomic E-state index is 0.318. The molecule has 0 bridgehead atoms. The molecule has 3 N–H and O–H groups in total. The van der Waals surface area contributed by atoms with Crippen LogP contribution in [0.1, 0.15) is 19.8 Å². The van der Waals surface area contributed by atoms with Crippen molar-refractivity contribution in [2.45, 2.75) is 25.8 Å². The van der Waals surface area contributed by atoms with Crippen molar-refractivity contribution in [3.05, 3.63) is 18.2 Å². The Kier molecular flexibility index (Phi) is 5.63. The fourth-order valence-electron chi connectivity index (χ4n) is 1.78. The van der Waals surface area contributed by atoms with Crippen LogP contribution >= 0.6 is 0 Å². The van der Waals surface area contributed by atoms with E-state index in [1.54, 1.807) is 14.2 Å². The van der Waals surface area contributed by atoms with Gasteiger partial charge in [-0.1, -0.05) is 13.3 Å². The van der Waals surface area contributed by atoms with Crippen molar-refractivity contribution in [1.29, 1.82) is 0 Å². The number of hydrogen-bond acceptors (Lipinski definition) is 4. The number of nitrogen functional groups attached to an aromatic ring is 1. The Hall–Kier alpha value is -1.42. The van der Waals surface area contributed by atoms with Crippen LogP contribution in [0.25, 0.3) is 0 Å². The molecule has 4 heteroatoms. The van der Waals surface area contributed by atoms with Gasteiger partial charge >= 0.3 is 0 Å². The predicted molar refractivity (Wildman–Crippen MR) is 71.6 cm³/mol. The summed E-state index contributed by atoms with van der Waals surface area (Å²) in [5.41, 5.74) is 7.43. The fraction of sp³-hybridized carbons (Fsp3) is 0.538. The molecule has 17 heavy (non-hydrogen) atoms. The van der Waals surface area contributed by atoms with Crippen molar-refractivity contribution in [3.8, 4) is 5.75 Å². The number of methoxy groups -OCH3 is 2. The van der Waals surface area contributed by atoms with Gasteiger partial charge in [-0.05, 0) is 18.6 Å². The summed E-state index contributed by atoms with van der Waals surface area (Å²) in [6, 6.07) is 6.03. The van der Waals surface area contributed by atoms with Crippen LogP contribution in [0.15, 0.2) is 18.2 Å². The summed E-state index contributed by atoms with van der Waals surface area (Å²) in [7, 11) is 3.34. The van der Waals surface area contributed by atoms with Crippen LogP contribution in [0, 0.1) is 0 Å². The second kappa shape index (κ2) is 7.01. The average molecular weight is 238 g/mol. The van der Waals surface area contributed by atoms with Crippen molar-refractivity contribution >= 4 is 11.4 Å². The van der Waals surface area contributed by atoms with Gasteiger partial charge in [-0.25, -0.2) is 0 Å². The maximum Gasteiger partial charge on any atom is 0.143 e. The van der Waals surface area contributed by atoms with Gasteiger partial charge in [0.25, 0.3) is 0 Å². The van der Waals surface area contributed by atoms with E-state index in [0.717, 1.165) is 18.5 Å². The molecule has 0 saturated heterocycles. The Balaban J connectivity index is 2.71. The highest BCUT2D eigenvalue weighted by molar-refractivity contribution is 5.61. The first-order valence-corrected chi connectivity index (χ1v) is 5.90. The van der Waals surface area contributed by atoms with Gasteiger partial charge in [0.15, 0.2) is 0 Å². The lowest BCUT2D eigenvalue weighted by atomic mass is 10.1. The maximum absolute atomic E-state index is 5.77. The molecule has 0 aliphatic heterocycles. The minimum absolute atomic E-state index is 0.318. The summed E-state index contributed by atoms with van der Waals surface area (Å²) in [5.74, 6) is 0.697. The molecule has 0 aliphatic rings. The largest absolute Gasteiger partial charge is 0.495 e. The SMILES string of the molecule is CCCC(COC)Nc1ccc(N)c(OC)c1. The molecule has 4 nitrogen and oxygen atoms in total. The quantitative estimate of drug-likeness (QED) is 0.717. The molecule has 0 fully saturated rings.